The van der Waals surface area contributed by atoms with Crippen LogP contribution in [0.5, 0.6) is 0 Å². The van der Waals surface area contributed by atoms with E-state index in [1.165, 1.54) is 11.3 Å². The van der Waals surface area contributed by atoms with Crippen molar-refractivity contribution in [1.29, 1.82) is 0 Å². The molecule has 0 spiro atoms. The van der Waals surface area contributed by atoms with Crippen molar-refractivity contribution in [3.8, 4) is 10.8 Å². The molecule has 2 heterocycles. The normalized spacial score (nSPS) is 10.6. The van der Waals surface area contributed by atoms with Crippen molar-refractivity contribution >= 4 is 16.5 Å². The van der Waals surface area contributed by atoms with Crippen LogP contribution in [0.4, 0.5) is 5.13 Å². The van der Waals surface area contributed by atoms with Gasteiger partial charge in [-0.1, -0.05) is 11.3 Å². The Morgan fingerprint density at radius 2 is 2.15 bits per heavy atom. The number of nitrogens with two attached hydrogens (primary N) is 1. The van der Waals surface area contributed by atoms with E-state index in [0.717, 1.165) is 22.1 Å². The molecular weight excluding hydrogens is 186 g/mol. The zero-order valence-electron chi connectivity index (χ0n) is 7.37. The van der Waals surface area contributed by atoms with Crippen molar-refractivity contribution in [2.24, 2.45) is 0 Å². The molecule has 0 aliphatic carbocycles. The summed E-state index contributed by atoms with van der Waals surface area (Å²) in [7, 11) is 0. The van der Waals surface area contributed by atoms with Gasteiger partial charge in [-0.3, -0.25) is 0 Å². The number of hydrogen-bond donors (Lipinski definition) is 1. The molecule has 5 heteroatoms. The van der Waals surface area contributed by atoms with Gasteiger partial charge in [-0.05, 0) is 25.5 Å². The lowest BCUT2D eigenvalue weighted by atomic mass is 10.3. The van der Waals surface area contributed by atoms with Gasteiger partial charge in [0.25, 0.3) is 0 Å². The second-order valence-corrected chi connectivity index (χ2v) is 3.80. The Kier molecular flexibility index (Phi) is 1.81. The number of aryl methyl sites for hydroxylation is 2. The minimum atomic E-state index is 0.460. The number of furan rings is 1. The van der Waals surface area contributed by atoms with Crippen LogP contribution in [0.3, 0.4) is 0 Å². The van der Waals surface area contributed by atoms with E-state index in [1.54, 1.807) is 0 Å². The van der Waals surface area contributed by atoms with Crippen LogP contribution in [0, 0.1) is 13.8 Å². The van der Waals surface area contributed by atoms with Gasteiger partial charge in [0.1, 0.15) is 5.76 Å². The molecule has 0 radical (unpaired) electrons. The third kappa shape index (κ3) is 1.42. The first kappa shape index (κ1) is 8.25. The molecule has 0 bridgehead atoms. The lowest BCUT2D eigenvalue weighted by Gasteiger charge is -1.84. The fourth-order valence-corrected chi connectivity index (χ4v) is 1.58. The van der Waals surface area contributed by atoms with Crippen LogP contribution in [0.15, 0.2) is 10.5 Å². The van der Waals surface area contributed by atoms with E-state index in [1.807, 2.05) is 19.9 Å². The van der Waals surface area contributed by atoms with Crippen LogP contribution in [0.25, 0.3) is 10.8 Å². The summed E-state index contributed by atoms with van der Waals surface area (Å²) in [5.41, 5.74) is 6.58. The number of rotatable bonds is 1. The van der Waals surface area contributed by atoms with Crippen LogP contribution < -0.4 is 5.73 Å². The maximum Gasteiger partial charge on any atom is 0.203 e. The summed E-state index contributed by atoms with van der Waals surface area (Å²) >= 11 is 1.32. The predicted octanol–water partition coefficient (Wildman–Crippen LogP) is 2.00. The van der Waals surface area contributed by atoms with Gasteiger partial charge in [-0.15, -0.1) is 10.2 Å². The summed E-state index contributed by atoms with van der Waals surface area (Å²) < 4.78 is 5.47. The van der Waals surface area contributed by atoms with Gasteiger partial charge in [-0.2, -0.15) is 0 Å². The SMILES string of the molecule is Cc1cc(-c2nnc(N)s2)oc1C. The summed E-state index contributed by atoms with van der Waals surface area (Å²) in [6, 6.07) is 1.94. The Hall–Kier alpha value is -1.36. The lowest BCUT2D eigenvalue weighted by Crippen LogP contribution is -1.79. The minimum absolute atomic E-state index is 0.460. The largest absolute Gasteiger partial charge is 0.459 e. The fraction of sp³-hybridized carbons (Fsp3) is 0.250. The van der Waals surface area contributed by atoms with Gasteiger partial charge in [-0.25, -0.2) is 0 Å². The quantitative estimate of drug-likeness (QED) is 0.755. The fourth-order valence-electron chi connectivity index (χ4n) is 1.01. The first-order valence-electron chi connectivity index (χ1n) is 3.83. The van der Waals surface area contributed by atoms with Crippen molar-refractivity contribution in [3.63, 3.8) is 0 Å². The second kappa shape index (κ2) is 2.85. The third-order valence-electron chi connectivity index (χ3n) is 1.82. The van der Waals surface area contributed by atoms with Gasteiger partial charge in [0.15, 0.2) is 10.8 Å². The molecule has 0 saturated carbocycles. The maximum absolute atomic E-state index is 5.47. The molecule has 68 valence electrons. The zero-order chi connectivity index (χ0) is 9.42. The number of nitrogens with zero attached hydrogens (tertiary/aromatic N) is 2. The Labute approximate surface area is 79.4 Å². The van der Waals surface area contributed by atoms with Crippen molar-refractivity contribution in [2.75, 3.05) is 5.73 Å². The van der Waals surface area contributed by atoms with Gasteiger partial charge in [0.2, 0.25) is 5.13 Å². The van der Waals surface area contributed by atoms with Crippen molar-refractivity contribution in [3.05, 3.63) is 17.4 Å². The molecule has 2 aromatic rings. The Bertz CT molecular complexity index is 413. The van der Waals surface area contributed by atoms with E-state index in [0.29, 0.717) is 5.13 Å². The van der Waals surface area contributed by atoms with E-state index in [2.05, 4.69) is 10.2 Å². The predicted molar refractivity (Wildman–Crippen MR) is 51.5 cm³/mol. The topological polar surface area (TPSA) is 64.9 Å². The second-order valence-electron chi connectivity index (χ2n) is 2.80. The first-order chi connectivity index (χ1) is 6.16. The smallest absolute Gasteiger partial charge is 0.203 e. The number of aromatic nitrogens is 2. The van der Waals surface area contributed by atoms with Crippen molar-refractivity contribution < 1.29 is 4.42 Å². The Morgan fingerprint density at radius 3 is 2.62 bits per heavy atom. The first-order valence-corrected chi connectivity index (χ1v) is 4.65. The third-order valence-corrected chi connectivity index (χ3v) is 2.58. The molecule has 0 unspecified atom stereocenters. The highest BCUT2D eigenvalue weighted by atomic mass is 32.1. The molecular formula is C8H9N3OS. The molecule has 2 aromatic heterocycles. The summed E-state index contributed by atoms with van der Waals surface area (Å²) in [5, 5.41) is 8.80. The lowest BCUT2D eigenvalue weighted by molar-refractivity contribution is 0.544. The van der Waals surface area contributed by atoms with Gasteiger partial charge in [0, 0.05) is 0 Å². The number of anilines is 1. The summed E-state index contributed by atoms with van der Waals surface area (Å²) in [5.74, 6) is 1.65. The molecule has 0 aliphatic rings. The van der Waals surface area contributed by atoms with Crippen LogP contribution in [-0.4, -0.2) is 10.2 Å². The highest BCUT2D eigenvalue weighted by Crippen LogP contribution is 2.28. The molecule has 4 nitrogen and oxygen atoms in total. The molecule has 0 saturated heterocycles. The van der Waals surface area contributed by atoms with Crippen LogP contribution >= 0.6 is 11.3 Å². The molecule has 2 rings (SSSR count). The number of hydrogen-bond acceptors (Lipinski definition) is 5. The van der Waals surface area contributed by atoms with Gasteiger partial charge < -0.3 is 10.2 Å². The van der Waals surface area contributed by atoms with E-state index in [-0.39, 0.29) is 0 Å². The van der Waals surface area contributed by atoms with Crippen molar-refractivity contribution in [2.45, 2.75) is 13.8 Å². The summed E-state index contributed by atoms with van der Waals surface area (Å²) in [4.78, 5) is 0. The highest BCUT2D eigenvalue weighted by molar-refractivity contribution is 7.18. The maximum atomic E-state index is 5.47. The molecule has 0 atom stereocenters. The average molecular weight is 195 g/mol. The molecule has 0 aliphatic heterocycles. The van der Waals surface area contributed by atoms with E-state index < -0.39 is 0 Å². The monoisotopic (exact) mass is 195 g/mol. The van der Waals surface area contributed by atoms with Crippen LogP contribution in [-0.2, 0) is 0 Å². The van der Waals surface area contributed by atoms with Crippen LogP contribution in [0.1, 0.15) is 11.3 Å². The van der Waals surface area contributed by atoms with Crippen LogP contribution in [0.2, 0.25) is 0 Å². The van der Waals surface area contributed by atoms with Gasteiger partial charge >= 0.3 is 0 Å². The highest BCUT2D eigenvalue weighted by Gasteiger charge is 2.10. The van der Waals surface area contributed by atoms with E-state index >= 15 is 0 Å². The molecule has 13 heavy (non-hydrogen) atoms. The Balaban J connectivity index is 2.46. The zero-order valence-corrected chi connectivity index (χ0v) is 8.18. The molecule has 0 fully saturated rings. The number of nitrogen functional groups attached to an aromatic ring is 1. The van der Waals surface area contributed by atoms with E-state index in [4.69, 9.17) is 10.2 Å². The molecule has 2 N–H and O–H groups in total. The van der Waals surface area contributed by atoms with E-state index in [9.17, 15) is 0 Å². The minimum Gasteiger partial charge on any atom is -0.459 e. The summed E-state index contributed by atoms with van der Waals surface area (Å²) in [6.45, 7) is 3.91. The van der Waals surface area contributed by atoms with Gasteiger partial charge in [0.05, 0.1) is 0 Å². The van der Waals surface area contributed by atoms with Crippen molar-refractivity contribution in [1.82, 2.24) is 10.2 Å². The molecule has 0 amide bonds. The standard InChI is InChI=1S/C8H9N3OS/c1-4-3-6(12-5(4)2)7-10-11-8(9)13-7/h3H,1-2H3,(H2,9,11). The molecule has 0 aromatic carbocycles. The average Bonchev–Trinajstić information content (AvgIpc) is 2.61. The Morgan fingerprint density at radius 1 is 1.38 bits per heavy atom. The summed E-state index contributed by atoms with van der Waals surface area (Å²) in [6.07, 6.45) is 0.